The predicted octanol–water partition coefficient (Wildman–Crippen LogP) is 3.87. The molecule has 138 valence electrons. The fourth-order valence-electron chi connectivity index (χ4n) is 4.27. The molecular formula is C22H33NO2. The summed E-state index contributed by atoms with van der Waals surface area (Å²) in [5, 5.41) is 9.49. The summed E-state index contributed by atoms with van der Waals surface area (Å²) in [4.78, 5) is 0. The fraction of sp³-hybridized carbons (Fsp3) is 0.636. The van der Waals surface area contributed by atoms with Gasteiger partial charge in [0, 0.05) is 5.54 Å². The summed E-state index contributed by atoms with van der Waals surface area (Å²) in [6.07, 6.45) is 13.2. The number of hydrogen-bond acceptors (Lipinski definition) is 3. The summed E-state index contributed by atoms with van der Waals surface area (Å²) < 4.78 is 6.03. The molecule has 3 heteroatoms. The van der Waals surface area contributed by atoms with Crippen LogP contribution in [-0.2, 0) is 17.6 Å². The number of nitrogens with two attached hydrogens (primary N) is 1. The molecule has 1 aromatic rings. The average Bonchev–Trinajstić information content (AvgIpc) is 3.04. The molecule has 1 fully saturated rings. The van der Waals surface area contributed by atoms with Crippen molar-refractivity contribution in [3.05, 3.63) is 47.0 Å². The highest BCUT2D eigenvalue weighted by Gasteiger charge is 2.36. The van der Waals surface area contributed by atoms with Crippen molar-refractivity contribution >= 4 is 0 Å². The van der Waals surface area contributed by atoms with Crippen molar-refractivity contribution in [1.29, 1.82) is 0 Å². The maximum atomic E-state index is 9.49. The van der Waals surface area contributed by atoms with E-state index in [0.29, 0.717) is 12.0 Å². The number of aliphatic hydroxyl groups excluding tert-OH is 1. The van der Waals surface area contributed by atoms with Gasteiger partial charge in [-0.15, -0.1) is 0 Å². The molecule has 3 atom stereocenters. The largest absolute Gasteiger partial charge is 0.394 e. The summed E-state index contributed by atoms with van der Waals surface area (Å²) >= 11 is 0. The second-order valence-electron chi connectivity index (χ2n) is 7.95. The van der Waals surface area contributed by atoms with Crippen LogP contribution in [0.4, 0.5) is 0 Å². The minimum atomic E-state index is -0.370. The number of aryl methyl sites for hydroxylation is 1. The van der Waals surface area contributed by atoms with Crippen molar-refractivity contribution in [2.45, 2.75) is 75.9 Å². The molecule has 0 amide bonds. The van der Waals surface area contributed by atoms with Crippen LogP contribution in [0.25, 0.3) is 0 Å². The quantitative estimate of drug-likeness (QED) is 0.739. The van der Waals surface area contributed by atoms with Crippen LogP contribution in [0, 0.1) is 0 Å². The van der Waals surface area contributed by atoms with E-state index < -0.39 is 0 Å². The summed E-state index contributed by atoms with van der Waals surface area (Å²) in [6.45, 7) is 3.03. The van der Waals surface area contributed by atoms with E-state index in [4.69, 9.17) is 10.5 Å². The molecule has 0 bridgehead atoms. The first kappa shape index (κ1) is 18.6. The van der Waals surface area contributed by atoms with Crippen molar-refractivity contribution in [2.24, 2.45) is 5.73 Å². The van der Waals surface area contributed by atoms with E-state index >= 15 is 0 Å². The van der Waals surface area contributed by atoms with Crippen molar-refractivity contribution < 1.29 is 9.84 Å². The van der Waals surface area contributed by atoms with Crippen LogP contribution in [0.15, 0.2) is 30.4 Å². The van der Waals surface area contributed by atoms with E-state index in [1.54, 1.807) is 0 Å². The molecule has 3 N–H and O–H groups in total. The Morgan fingerprint density at radius 3 is 2.92 bits per heavy atom. The van der Waals surface area contributed by atoms with Gasteiger partial charge in [-0.2, -0.15) is 0 Å². The van der Waals surface area contributed by atoms with Gasteiger partial charge in [0.05, 0.1) is 19.3 Å². The van der Waals surface area contributed by atoms with Gasteiger partial charge in [0.25, 0.3) is 0 Å². The Kier molecular flexibility index (Phi) is 6.32. The van der Waals surface area contributed by atoms with Crippen molar-refractivity contribution in [2.75, 3.05) is 13.2 Å². The molecule has 1 saturated carbocycles. The highest BCUT2D eigenvalue weighted by atomic mass is 16.5. The minimum Gasteiger partial charge on any atom is -0.394 e. The number of benzene rings is 1. The number of aliphatic hydroxyl groups is 1. The first-order chi connectivity index (χ1) is 12.1. The number of ether oxygens (including phenoxy) is 1. The summed E-state index contributed by atoms with van der Waals surface area (Å²) in [5.74, 6) is 0.500. The van der Waals surface area contributed by atoms with Gasteiger partial charge in [-0.25, -0.2) is 0 Å². The van der Waals surface area contributed by atoms with E-state index in [1.165, 1.54) is 23.1 Å². The average molecular weight is 344 g/mol. The first-order valence-corrected chi connectivity index (χ1v) is 9.91. The lowest BCUT2D eigenvalue weighted by atomic mass is 9.85. The molecule has 0 radical (unpaired) electrons. The molecule has 0 saturated heterocycles. The van der Waals surface area contributed by atoms with E-state index in [-0.39, 0.29) is 12.1 Å². The van der Waals surface area contributed by atoms with E-state index in [0.717, 1.165) is 51.6 Å². The maximum absolute atomic E-state index is 9.49. The number of hydrogen-bond donors (Lipinski definition) is 2. The van der Waals surface area contributed by atoms with Gasteiger partial charge in [0.15, 0.2) is 0 Å². The zero-order valence-electron chi connectivity index (χ0n) is 15.5. The molecule has 1 aromatic carbocycles. The Hall–Kier alpha value is -1.16. The topological polar surface area (TPSA) is 55.5 Å². The molecule has 0 heterocycles. The Morgan fingerprint density at radius 1 is 1.28 bits per heavy atom. The van der Waals surface area contributed by atoms with Crippen LogP contribution in [-0.4, -0.2) is 30.0 Å². The Labute approximate surface area is 152 Å². The van der Waals surface area contributed by atoms with E-state index in [2.05, 4.69) is 37.3 Å². The number of unbranched alkanes of at least 4 members (excludes halogenated alkanes) is 1. The molecular weight excluding hydrogens is 310 g/mol. The number of rotatable bonds is 7. The standard InChI is InChI=1S/C22H33NO2/c1-2-3-4-5-12-25-21-9-8-17-13-18(6-7-19(17)14-21)20-10-11-22(23,15-20)16-24/h4-7,13,20-21,24H,2-3,8-12,14-16,23H2,1H3/b5-4-/t20-,21-,22-/m0/s1. The highest BCUT2D eigenvalue weighted by molar-refractivity contribution is 5.36. The van der Waals surface area contributed by atoms with Crippen LogP contribution in [0.1, 0.15) is 68.1 Å². The third-order valence-electron chi connectivity index (χ3n) is 5.89. The molecule has 3 rings (SSSR count). The second kappa shape index (κ2) is 8.48. The first-order valence-electron chi connectivity index (χ1n) is 9.91. The smallest absolute Gasteiger partial charge is 0.0651 e. The number of allylic oxidation sites excluding steroid dienone is 1. The lowest BCUT2D eigenvalue weighted by Crippen LogP contribution is -2.40. The van der Waals surface area contributed by atoms with Gasteiger partial charge in [-0.3, -0.25) is 0 Å². The Bertz CT molecular complexity index is 598. The molecule has 0 unspecified atom stereocenters. The van der Waals surface area contributed by atoms with E-state index in [9.17, 15) is 5.11 Å². The van der Waals surface area contributed by atoms with Gasteiger partial charge in [0.1, 0.15) is 0 Å². The lowest BCUT2D eigenvalue weighted by Gasteiger charge is -2.26. The normalized spacial score (nSPS) is 29.2. The zero-order chi connectivity index (χ0) is 17.7. The van der Waals surface area contributed by atoms with Gasteiger partial charge < -0.3 is 15.6 Å². The van der Waals surface area contributed by atoms with E-state index in [1.807, 2.05) is 0 Å². The molecule has 2 aliphatic rings. The van der Waals surface area contributed by atoms with Gasteiger partial charge in [-0.05, 0) is 67.6 Å². The van der Waals surface area contributed by atoms with Crippen molar-refractivity contribution in [3.8, 4) is 0 Å². The van der Waals surface area contributed by atoms with Gasteiger partial charge in [-0.1, -0.05) is 43.7 Å². The molecule has 3 nitrogen and oxygen atoms in total. The summed E-state index contributed by atoms with van der Waals surface area (Å²) in [7, 11) is 0. The highest BCUT2D eigenvalue weighted by Crippen LogP contribution is 2.40. The van der Waals surface area contributed by atoms with Crippen LogP contribution >= 0.6 is 0 Å². The lowest BCUT2D eigenvalue weighted by molar-refractivity contribution is 0.0641. The zero-order valence-corrected chi connectivity index (χ0v) is 15.5. The monoisotopic (exact) mass is 343 g/mol. The predicted molar refractivity (Wildman–Crippen MR) is 103 cm³/mol. The maximum Gasteiger partial charge on any atom is 0.0651 e. The Balaban J connectivity index is 1.56. The van der Waals surface area contributed by atoms with Gasteiger partial charge in [0.2, 0.25) is 0 Å². The molecule has 2 aliphatic carbocycles. The summed E-state index contributed by atoms with van der Waals surface area (Å²) in [5.41, 5.74) is 10.2. The fourth-order valence-corrected chi connectivity index (χ4v) is 4.27. The van der Waals surface area contributed by atoms with Crippen molar-refractivity contribution in [1.82, 2.24) is 0 Å². The van der Waals surface area contributed by atoms with Crippen LogP contribution < -0.4 is 5.73 Å². The number of fused-ring (bicyclic) bond motifs is 1. The SMILES string of the molecule is CCC/C=C\CO[C@H]1CCc2cc([C@H]3CC[C@@](N)(CO)C3)ccc2C1. The van der Waals surface area contributed by atoms with Crippen molar-refractivity contribution in [3.63, 3.8) is 0 Å². The van der Waals surface area contributed by atoms with Crippen LogP contribution in [0.2, 0.25) is 0 Å². The molecule has 0 aromatic heterocycles. The third kappa shape index (κ3) is 4.72. The molecule has 0 spiro atoms. The van der Waals surface area contributed by atoms with Crippen LogP contribution in [0.5, 0.6) is 0 Å². The summed E-state index contributed by atoms with van der Waals surface area (Å²) in [6, 6.07) is 6.96. The van der Waals surface area contributed by atoms with Gasteiger partial charge >= 0.3 is 0 Å². The second-order valence-corrected chi connectivity index (χ2v) is 7.95. The molecule has 25 heavy (non-hydrogen) atoms. The third-order valence-corrected chi connectivity index (χ3v) is 5.89. The minimum absolute atomic E-state index is 0.0974. The van der Waals surface area contributed by atoms with Crippen LogP contribution in [0.3, 0.4) is 0 Å². The Morgan fingerprint density at radius 2 is 2.16 bits per heavy atom. The molecule has 0 aliphatic heterocycles.